The number of hydrogen-bond acceptors (Lipinski definition) is 5. The average Bonchev–Trinajstić information content (AvgIpc) is 2.81. The second-order valence-electron chi connectivity index (χ2n) is 3.95. The fraction of sp³-hybridized carbons (Fsp3) is 0.600. The highest BCUT2D eigenvalue weighted by Crippen LogP contribution is 2.25. The summed E-state index contributed by atoms with van der Waals surface area (Å²) < 4.78 is 18.6. The van der Waals surface area contributed by atoms with Gasteiger partial charge in [0, 0.05) is 0 Å². The van der Waals surface area contributed by atoms with Crippen LogP contribution >= 0.6 is 0 Å². The molecule has 1 aromatic rings. The fourth-order valence-electron chi connectivity index (χ4n) is 1.90. The van der Waals surface area contributed by atoms with Gasteiger partial charge in [-0.25, -0.2) is 10.8 Å². The first-order valence-electron chi connectivity index (χ1n) is 5.41. The summed E-state index contributed by atoms with van der Waals surface area (Å²) in [4.78, 5) is 7.44. The van der Waals surface area contributed by atoms with Crippen LogP contribution in [0, 0.1) is 11.7 Å². The van der Waals surface area contributed by atoms with Crippen LogP contribution in [-0.2, 0) is 0 Å². The van der Waals surface area contributed by atoms with Crippen LogP contribution < -0.4 is 16.0 Å². The third-order valence-corrected chi connectivity index (χ3v) is 2.77. The largest absolute Gasteiger partial charge is 0.475 e. The minimum Gasteiger partial charge on any atom is -0.475 e. The maximum Gasteiger partial charge on any atom is 0.255 e. The third-order valence-electron chi connectivity index (χ3n) is 2.77. The van der Waals surface area contributed by atoms with Crippen molar-refractivity contribution in [1.82, 2.24) is 9.97 Å². The van der Waals surface area contributed by atoms with Crippen molar-refractivity contribution in [2.45, 2.75) is 25.7 Å². The zero-order valence-corrected chi connectivity index (χ0v) is 8.95. The minimum atomic E-state index is -0.558. The Kier molecular flexibility index (Phi) is 3.51. The van der Waals surface area contributed by atoms with E-state index in [1.165, 1.54) is 12.8 Å². The van der Waals surface area contributed by atoms with Crippen LogP contribution in [0.2, 0.25) is 0 Å². The summed E-state index contributed by atoms with van der Waals surface area (Å²) in [5.41, 5.74) is 2.25. The van der Waals surface area contributed by atoms with Gasteiger partial charge in [0.15, 0.2) is 0 Å². The van der Waals surface area contributed by atoms with E-state index in [9.17, 15) is 4.39 Å². The molecule has 0 unspecified atom stereocenters. The lowest BCUT2D eigenvalue weighted by molar-refractivity contribution is 0.232. The number of ether oxygens (including phenoxy) is 1. The highest BCUT2D eigenvalue weighted by atomic mass is 19.1. The number of nitrogens with one attached hydrogen (secondary N) is 1. The molecule has 2 rings (SSSR count). The molecule has 0 aromatic carbocycles. The molecule has 1 heterocycles. The molecule has 0 amide bonds. The lowest BCUT2D eigenvalue weighted by atomic mass is 10.1. The van der Waals surface area contributed by atoms with E-state index in [0.717, 1.165) is 19.0 Å². The highest BCUT2D eigenvalue weighted by molar-refractivity contribution is 5.26. The number of nitrogen functional groups attached to an aromatic ring is 1. The molecule has 0 spiro atoms. The lowest BCUT2D eigenvalue weighted by Crippen LogP contribution is -2.14. The molecule has 1 aliphatic carbocycles. The number of rotatable bonds is 4. The summed E-state index contributed by atoms with van der Waals surface area (Å²) in [6, 6.07) is 0. The maximum atomic E-state index is 13.3. The van der Waals surface area contributed by atoms with Crippen LogP contribution in [0.5, 0.6) is 5.88 Å². The normalized spacial score (nSPS) is 16.4. The van der Waals surface area contributed by atoms with Crippen molar-refractivity contribution < 1.29 is 9.13 Å². The number of halogens is 1. The summed E-state index contributed by atoms with van der Waals surface area (Å²) in [7, 11) is 0. The van der Waals surface area contributed by atoms with Gasteiger partial charge in [-0.15, -0.1) is 0 Å². The predicted molar refractivity (Wildman–Crippen MR) is 57.3 cm³/mol. The van der Waals surface area contributed by atoms with Gasteiger partial charge in [0.25, 0.3) is 5.88 Å². The Morgan fingerprint density at radius 2 is 2.25 bits per heavy atom. The summed E-state index contributed by atoms with van der Waals surface area (Å²) in [5, 5.41) is 0. The summed E-state index contributed by atoms with van der Waals surface area (Å²) in [6.45, 7) is 0.512. The maximum absolute atomic E-state index is 13.3. The molecule has 1 aliphatic rings. The number of anilines is 1. The van der Waals surface area contributed by atoms with Gasteiger partial charge >= 0.3 is 0 Å². The molecule has 5 nitrogen and oxygen atoms in total. The quantitative estimate of drug-likeness (QED) is 0.600. The molecule has 16 heavy (non-hydrogen) atoms. The zero-order chi connectivity index (χ0) is 11.4. The van der Waals surface area contributed by atoms with Crippen molar-refractivity contribution >= 4 is 5.95 Å². The van der Waals surface area contributed by atoms with Crippen molar-refractivity contribution in [2.24, 2.45) is 11.8 Å². The summed E-state index contributed by atoms with van der Waals surface area (Å²) >= 11 is 0. The van der Waals surface area contributed by atoms with E-state index in [1.54, 1.807) is 0 Å². The zero-order valence-electron chi connectivity index (χ0n) is 8.95. The molecule has 1 aromatic heterocycles. The van der Waals surface area contributed by atoms with Gasteiger partial charge in [0.05, 0.1) is 12.8 Å². The fourth-order valence-corrected chi connectivity index (χ4v) is 1.90. The third kappa shape index (κ3) is 2.57. The summed E-state index contributed by atoms with van der Waals surface area (Å²) in [5.74, 6) is 5.22. The van der Waals surface area contributed by atoms with Crippen LogP contribution in [-0.4, -0.2) is 16.6 Å². The molecule has 0 radical (unpaired) electrons. The molecular formula is C10H15FN4O. The van der Waals surface area contributed by atoms with Crippen LogP contribution in [0.3, 0.4) is 0 Å². The molecule has 3 N–H and O–H groups in total. The van der Waals surface area contributed by atoms with Crippen molar-refractivity contribution in [3.8, 4) is 5.88 Å². The number of aromatic nitrogens is 2. The predicted octanol–water partition coefficient (Wildman–Crippen LogP) is 1.47. The SMILES string of the molecule is NNc1ncc(F)c(OCC2CCCC2)n1. The van der Waals surface area contributed by atoms with E-state index in [2.05, 4.69) is 15.4 Å². The van der Waals surface area contributed by atoms with E-state index in [1.807, 2.05) is 0 Å². The van der Waals surface area contributed by atoms with Crippen LogP contribution in [0.4, 0.5) is 10.3 Å². The second kappa shape index (κ2) is 5.07. The smallest absolute Gasteiger partial charge is 0.255 e. The van der Waals surface area contributed by atoms with Gasteiger partial charge < -0.3 is 4.74 Å². The van der Waals surface area contributed by atoms with E-state index in [4.69, 9.17) is 10.6 Å². The molecule has 1 saturated carbocycles. The monoisotopic (exact) mass is 226 g/mol. The number of nitrogens with zero attached hydrogens (tertiary/aromatic N) is 2. The minimum absolute atomic E-state index is 0.0325. The molecule has 0 atom stereocenters. The second-order valence-corrected chi connectivity index (χ2v) is 3.95. The molecule has 0 saturated heterocycles. The Hall–Kier alpha value is -1.43. The van der Waals surface area contributed by atoms with Crippen LogP contribution in [0.25, 0.3) is 0 Å². The van der Waals surface area contributed by atoms with Gasteiger partial charge in [-0.2, -0.15) is 9.37 Å². The Morgan fingerprint density at radius 3 is 2.94 bits per heavy atom. The Bertz CT molecular complexity index is 355. The van der Waals surface area contributed by atoms with Crippen LogP contribution in [0.1, 0.15) is 25.7 Å². The van der Waals surface area contributed by atoms with Crippen molar-refractivity contribution in [3.05, 3.63) is 12.0 Å². The van der Waals surface area contributed by atoms with Gasteiger partial charge in [-0.05, 0) is 18.8 Å². The molecular weight excluding hydrogens is 211 g/mol. The Labute approximate surface area is 93.2 Å². The highest BCUT2D eigenvalue weighted by Gasteiger charge is 2.17. The lowest BCUT2D eigenvalue weighted by Gasteiger charge is -2.11. The van der Waals surface area contributed by atoms with E-state index < -0.39 is 5.82 Å². The molecule has 6 heteroatoms. The van der Waals surface area contributed by atoms with Crippen LogP contribution in [0.15, 0.2) is 6.20 Å². The van der Waals surface area contributed by atoms with E-state index >= 15 is 0 Å². The average molecular weight is 226 g/mol. The topological polar surface area (TPSA) is 73.1 Å². The number of nitrogens with two attached hydrogens (primary N) is 1. The first kappa shape index (κ1) is 11.1. The standard InChI is InChI=1S/C10H15FN4O/c11-8-5-13-10(15-12)14-9(8)16-6-7-3-1-2-4-7/h5,7H,1-4,6,12H2,(H,13,14,15). The first-order chi connectivity index (χ1) is 7.79. The van der Waals surface area contributed by atoms with E-state index in [-0.39, 0.29) is 11.8 Å². The van der Waals surface area contributed by atoms with Gasteiger partial charge in [-0.1, -0.05) is 12.8 Å². The van der Waals surface area contributed by atoms with Crippen molar-refractivity contribution in [3.63, 3.8) is 0 Å². The number of hydrazine groups is 1. The summed E-state index contributed by atoms with van der Waals surface area (Å²) in [6.07, 6.45) is 5.81. The number of hydrogen-bond donors (Lipinski definition) is 2. The molecule has 1 fully saturated rings. The Balaban J connectivity index is 1.96. The van der Waals surface area contributed by atoms with Gasteiger partial charge in [0.1, 0.15) is 0 Å². The van der Waals surface area contributed by atoms with Crippen molar-refractivity contribution in [1.29, 1.82) is 0 Å². The van der Waals surface area contributed by atoms with E-state index in [0.29, 0.717) is 12.5 Å². The molecule has 0 aliphatic heterocycles. The molecule has 88 valence electrons. The first-order valence-corrected chi connectivity index (χ1v) is 5.41. The van der Waals surface area contributed by atoms with Gasteiger partial charge in [-0.3, -0.25) is 5.43 Å². The van der Waals surface area contributed by atoms with Crippen molar-refractivity contribution in [2.75, 3.05) is 12.0 Å². The Morgan fingerprint density at radius 1 is 1.50 bits per heavy atom. The van der Waals surface area contributed by atoms with Gasteiger partial charge in [0.2, 0.25) is 11.8 Å². The molecule has 0 bridgehead atoms.